The van der Waals surface area contributed by atoms with Gasteiger partial charge in [-0.3, -0.25) is 9.59 Å². The highest BCUT2D eigenvalue weighted by molar-refractivity contribution is 5.96. The first-order valence-corrected chi connectivity index (χ1v) is 10.8. The maximum Gasteiger partial charge on any atom is 0.278 e. The van der Waals surface area contributed by atoms with Gasteiger partial charge in [-0.25, -0.2) is 0 Å². The van der Waals surface area contributed by atoms with Crippen LogP contribution in [-0.2, 0) is 16.0 Å². The van der Waals surface area contributed by atoms with Crippen LogP contribution in [0, 0.1) is 19.8 Å². The molecule has 2 aromatic carbocycles. The molecule has 2 aromatic rings. The molecule has 0 saturated heterocycles. The van der Waals surface area contributed by atoms with E-state index < -0.39 is 0 Å². The summed E-state index contributed by atoms with van der Waals surface area (Å²) in [7, 11) is 0. The molecule has 2 atom stereocenters. The van der Waals surface area contributed by atoms with E-state index in [-0.39, 0.29) is 30.4 Å². The SMILES string of the molecule is CCc1ccc([C@@H]([NH2+][C@H](C)C(=O)NCC(=O)Nc2c(C)cccc2C)C(C)C)cc1. The van der Waals surface area contributed by atoms with Crippen molar-refractivity contribution in [3.63, 3.8) is 0 Å². The number of hydrogen-bond donors (Lipinski definition) is 3. The van der Waals surface area contributed by atoms with Gasteiger partial charge in [0.2, 0.25) is 5.91 Å². The van der Waals surface area contributed by atoms with Crippen molar-refractivity contribution in [2.45, 2.75) is 60.0 Å². The van der Waals surface area contributed by atoms with Crippen LogP contribution in [0.25, 0.3) is 0 Å². The Labute approximate surface area is 180 Å². The molecule has 0 aliphatic rings. The van der Waals surface area contributed by atoms with E-state index in [1.165, 1.54) is 11.1 Å². The Balaban J connectivity index is 1.92. The van der Waals surface area contributed by atoms with E-state index in [2.05, 4.69) is 61.0 Å². The van der Waals surface area contributed by atoms with Crippen molar-refractivity contribution in [3.05, 3.63) is 64.7 Å². The van der Waals surface area contributed by atoms with Crippen LogP contribution in [0.15, 0.2) is 42.5 Å². The first kappa shape index (κ1) is 23.6. The van der Waals surface area contributed by atoms with Crippen molar-refractivity contribution in [2.75, 3.05) is 11.9 Å². The zero-order valence-electron chi connectivity index (χ0n) is 19.1. The van der Waals surface area contributed by atoms with Crippen LogP contribution in [0.4, 0.5) is 5.69 Å². The third-order valence-electron chi connectivity index (χ3n) is 5.57. The molecule has 0 radical (unpaired) electrons. The van der Waals surface area contributed by atoms with E-state index in [1.807, 2.05) is 39.0 Å². The lowest BCUT2D eigenvalue weighted by molar-refractivity contribution is -0.719. The average Bonchev–Trinajstić information content (AvgIpc) is 2.72. The summed E-state index contributed by atoms with van der Waals surface area (Å²) in [4.78, 5) is 24.9. The van der Waals surface area contributed by atoms with E-state index in [0.717, 1.165) is 23.2 Å². The van der Waals surface area contributed by atoms with Gasteiger partial charge >= 0.3 is 0 Å². The molecule has 4 N–H and O–H groups in total. The normalized spacial score (nSPS) is 13.0. The number of hydrogen-bond acceptors (Lipinski definition) is 2. The molecule has 0 aliphatic heterocycles. The fourth-order valence-electron chi connectivity index (χ4n) is 3.62. The molecule has 5 nitrogen and oxygen atoms in total. The number of benzene rings is 2. The average molecular weight is 411 g/mol. The molecular formula is C25H36N3O2+. The van der Waals surface area contributed by atoms with Gasteiger partial charge in [-0.05, 0) is 43.9 Å². The maximum atomic E-state index is 12.6. The molecule has 0 unspecified atom stereocenters. The van der Waals surface area contributed by atoms with Crippen molar-refractivity contribution in [3.8, 4) is 0 Å². The van der Waals surface area contributed by atoms with Gasteiger partial charge in [-0.1, -0.05) is 63.2 Å². The lowest BCUT2D eigenvalue weighted by Gasteiger charge is -2.23. The third-order valence-corrected chi connectivity index (χ3v) is 5.57. The molecule has 0 aliphatic carbocycles. The minimum absolute atomic E-state index is 0.0394. The molecular weight excluding hydrogens is 374 g/mol. The number of amides is 2. The van der Waals surface area contributed by atoms with Crippen LogP contribution in [0.5, 0.6) is 0 Å². The van der Waals surface area contributed by atoms with Crippen molar-refractivity contribution < 1.29 is 14.9 Å². The van der Waals surface area contributed by atoms with Gasteiger partial charge < -0.3 is 16.0 Å². The Hall–Kier alpha value is -2.66. The fourth-order valence-corrected chi connectivity index (χ4v) is 3.62. The predicted molar refractivity (Wildman–Crippen MR) is 122 cm³/mol. The minimum Gasteiger partial charge on any atom is -0.342 e. The second-order valence-corrected chi connectivity index (χ2v) is 8.38. The standard InChI is InChI=1S/C25H35N3O2/c1-7-20-11-13-21(14-12-20)23(16(2)3)27-19(6)25(30)26-15-22(29)28-24-17(4)9-8-10-18(24)5/h8-14,16,19,23,27H,7,15H2,1-6H3,(H,26,30)(H,28,29)/p+1/t19-,23+/m1/s1. The van der Waals surface area contributed by atoms with Gasteiger partial charge in [0.25, 0.3) is 5.91 Å². The van der Waals surface area contributed by atoms with Crippen molar-refractivity contribution in [2.24, 2.45) is 5.92 Å². The number of quaternary nitrogens is 1. The number of rotatable bonds is 9. The second kappa shape index (κ2) is 10.9. The highest BCUT2D eigenvalue weighted by Gasteiger charge is 2.26. The summed E-state index contributed by atoms with van der Waals surface area (Å²) in [6, 6.07) is 14.4. The van der Waals surface area contributed by atoms with E-state index in [4.69, 9.17) is 0 Å². The Morgan fingerprint density at radius 3 is 2.10 bits per heavy atom. The van der Waals surface area contributed by atoms with Gasteiger partial charge in [0.15, 0.2) is 6.04 Å². The first-order valence-electron chi connectivity index (χ1n) is 10.8. The topological polar surface area (TPSA) is 74.8 Å². The highest BCUT2D eigenvalue weighted by atomic mass is 16.2. The third kappa shape index (κ3) is 6.42. The molecule has 0 spiro atoms. The number of para-hydroxylation sites is 1. The van der Waals surface area contributed by atoms with E-state index in [0.29, 0.717) is 5.92 Å². The number of nitrogens with one attached hydrogen (secondary N) is 2. The van der Waals surface area contributed by atoms with Crippen molar-refractivity contribution in [1.82, 2.24) is 5.32 Å². The number of carbonyl (C=O) groups excluding carboxylic acids is 2. The Morgan fingerprint density at radius 1 is 0.967 bits per heavy atom. The number of anilines is 1. The first-order chi connectivity index (χ1) is 14.2. The van der Waals surface area contributed by atoms with Crippen LogP contribution < -0.4 is 16.0 Å². The summed E-state index contributed by atoms with van der Waals surface area (Å²) in [6.07, 6.45) is 1.01. The largest absolute Gasteiger partial charge is 0.342 e. The van der Waals surface area contributed by atoms with Gasteiger partial charge in [0, 0.05) is 17.2 Å². The Morgan fingerprint density at radius 2 is 1.57 bits per heavy atom. The number of aryl methyl sites for hydroxylation is 3. The molecule has 162 valence electrons. The molecule has 0 aromatic heterocycles. The van der Waals surface area contributed by atoms with E-state index >= 15 is 0 Å². The molecule has 0 heterocycles. The Kier molecular flexibility index (Phi) is 8.60. The highest BCUT2D eigenvalue weighted by Crippen LogP contribution is 2.20. The molecule has 2 amide bonds. The summed E-state index contributed by atoms with van der Waals surface area (Å²) in [5.41, 5.74) is 5.35. The quantitative estimate of drug-likeness (QED) is 0.593. The van der Waals surface area contributed by atoms with Crippen LogP contribution >= 0.6 is 0 Å². The lowest BCUT2D eigenvalue weighted by Crippen LogP contribution is -2.93. The van der Waals surface area contributed by atoms with E-state index in [9.17, 15) is 9.59 Å². The molecule has 0 bridgehead atoms. The van der Waals surface area contributed by atoms with Gasteiger partial charge in [-0.2, -0.15) is 0 Å². The minimum atomic E-state index is -0.295. The van der Waals surface area contributed by atoms with Crippen LogP contribution in [0.3, 0.4) is 0 Å². The van der Waals surface area contributed by atoms with E-state index in [1.54, 1.807) is 0 Å². The van der Waals surface area contributed by atoms with Crippen LogP contribution in [-0.4, -0.2) is 24.4 Å². The Bertz CT molecular complexity index is 839. The number of nitrogens with two attached hydrogens (primary N) is 1. The smallest absolute Gasteiger partial charge is 0.278 e. The van der Waals surface area contributed by atoms with Crippen LogP contribution in [0.2, 0.25) is 0 Å². The zero-order valence-corrected chi connectivity index (χ0v) is 19.1. The summed E-state index contributed by atoms with van der Waals surface area (Å²) in [5.74, 6) is 0.0195. The summed E-state index contributed by atoms with van der Waals surface area (Å²) in [6.45, 7) is 12.2. The van der Waals surface area contributed by atoms with Crippen molar-refractivity contribution >= 4 is 17.5 Å². The predicted octanol–water partition coefficient (Wildman–Crippen LogP) is 3.27. The summed E-state index contributed by atoms with van der Waals surface area (Å²) in [5, 5.41) is 7.77. The lowest BCUT2D eigenvalue weighted by atomic mass is 9.94. The summed E-state index contributed by atoms with van der Waals surface area (Å²) < 4.78 is 0. The molecule has 2 rings (SSSR count). The van der Waals surface area contributed by atoms with Crippen molar-refractivity contribution in [1.29, 1.82) is 0 Å². The second-order valence-electron chi connectivity index (χ2n) is 8.38. The van der Waals surface area contributed by atoms with Crippen LogP contribution in [0.1, 0.15) is 56.0 Å². The molecule has 0 saturated carbocycles. The van der Waals surface area contributed by atoms with Gasteiger partial charge in [-0.15, -0.1) is 0 Å². The molecule has 0 fully saturated rings. The fraction of sp³-hybridized carbons (Fsp3) is 0.440. The summed E-state index contributed by atoms with van der Waals surface area (Å²) >= 11 is 0. The molecule has 5 heteroatoms. The maximum absolute atomic E-state index is 12.6. The number of carbonyl (C=O) groups is 2. The van der Waals surface area contributed by atoms with Gasteiger partial charge in [0.1, 0.15) is 6.04 Å². The zero-order chi connectivity index (χ0) is 22.3. The monoisotopic (exact) mass is 410 g/mol. The van der Waals surface area contributed by atoms with Gasteiger partial charge in [0.05, 0.1) is 6.54 Å². The molecule has 30 heavy (non-hydrogen) atoms.